The zero-order valence-corrected chi connectivity index (χ0v) is 16.2. The van der Waals surface area contributed by atoms with E-state index in [2.05, 4.69) is 48.8 Å². The molecule has 0 aliphatic carbocycles. The summed E-state index contributed by atoms with van der Waals surface area (Å²) in [6, 6.07) is 0.658. The molecule has 3 heterocycles. The smallest absolute Gasteiger partial charge is 0.193 e. The Balaban J connectivity index is 1.50. The van der Waals surface area contributed by atoms with Gasteiger partial charge in [0.1, 0.15) is 11.6 Å². The molecular weight excluding hydrogens is 314 g/mol. The molecule has 2 aliphatic rings. The van der Waals surface area contributed by atoms with E-state index in [1.54, 1.807) is 0 Å². The van der Waals surface area contributed by atoms with Crippen LogP contribution in [0.5, 0.6) is 0 Å². The summed E-state index contributed by atoms with van der Waals surface area (Å²) in [7, 11) is 4.04. The van der Waals surface area contributed by atoms with Crippen molar-refractivity contribution < 1.29 is 0 Å². The van der Waals surface area contributed by atoms with Gasteiger partial charge in [0.05, 0.1) is 0 Å². The molecule has 1 aromatic heterocycles. The van der Waals surface area contributed by atoms with Crippen molar-refractivity contribution in [3.8, 4) is 0 Å². The van der Waals surface area contributed by atoms with Gasteiger partial charge in [0.25, 0.3) is 0 Å². The first kappa shape index (κ1) is 18.2. The van der Waals surface area contributed by atoms with Gasteiger partial charge in [-0.05, 0) is 45.2 Å². The van der Waals surface area contributed by atoms with Gasteiger partial charge in [-0.15, -0.1) is 10.2 Å². The summed E-state index contributed by atoms with van der Waals surface area (Å²) < 4.78 is 2.26. The highest BCUT2D eigenvalue weighted by molar-refractivity contribution is 5.79. The molecule has 25 heavy (non-hydrogen) atoms. The second kappa shape index (κ2) is 8.17. The lowest BCUT2D eigenvalue weighted by Gasteiger charge is -2.31. The van der Waals surface area contributed by atoms with Gasteiger partial charge in [0, 0.05) is 46.2 Å². The summed E-state index contributed by atoms with van der Waals surface area (Å²) in [5, 5.41) is 12.1. The average molecular weight is 348 g/mol. The number of nitrogens with zero attached hydrogens (tertiary/aromatic N) is 6. The first-order chi connectivity index (χ1) is 12.1. The highest BCUT2D eigenvalue weighted by atomic mass is 15.3. The van der Waals surface area contributed by atoms with Crippen molar-refractivity contribution in [2.24, 2.45) is 10.9 Å². The lowest BCUT2D eigenvalue weighted by molar-refractivity contribution is 0.232. The van der Waals surface area contributed by atoms with Crippen LogP contribution in [0.1, 0.15) is 37.8 Å². The summed E-state index contributed by atoms with van der Waals surface area (Å²) in [6.07, 6.45) is 4.81. The molecule has 2 atom stereocenters. The van der Waals surface area contributed by atoms with E-state index in [9.17, 15) is 0 Å². The van der Waals surface area contributed by atoms with E-state index < -0.39 is 0 Å². The number of hydrogen-bond donors (Lipinski definition) is 1. The SMILES string of the molecule is CCN1CCCC1CN(C)C(=NC)NCC1CCc2nnc(C)n2C1. The zero-order chi connectivity index (χ0) is 17.8. The lowest BCUT2D eigenvalue weighted by Crippen LogP contribution is -2.47. The second-order valence-corrected chi connectivity index (χ2v) is 7.41. The van der Waals surface area contributed by atoms with Gasteiger partial charge in [0.2, 0.25) is 0 Å². The number of aromatic nitrogens is 3. The molecule has 3 rings (SSSR count). The fourth-order valence-electron chi connectivity index (χ4n) is 4.24. The maximum Gasteiger partial charge on any atom is 0.193 e. The molecule has 0 bridgehead atoms. The van der Waals surface area contributed by atoms with E-state index >= 15 is 0 Å². The number of likely N-dealkylation sites (N-methyl/N-ethyl adjacent to an activating group) is 2. The van der Waals surface area contributed by atoms with E-state index in [0.29, 0.717) is 12.0 Å². The number of rotatable bonds is 5. The maximum atomic E-state index is 4.50. The van der Waals surface area contributed by atoms with Crippen molar-refractivity contribution in [2.75, 3.05) is 40.3 Å². The third kappa shape index (κ3) is 4.14. The second-order valence-electron chi connectivity index (χ2n) is 7.41. The molecule has 7 nitrogen and oxygen atoms in total. The Morgan fingerprint density at radius 1 is 1.36 bits per heavy atom. The molecule has 0 spiro atoms. The van der Waals surface area contributed by atoms with Gasteiger partial charge in [-0.2, -0.15) is 0 Å². The zero-order valence-electron chi connectivity index (χ0n) is 16.2. The highest BCUT2D eigenvalue weighted by Crippen LogP contribution is 2.20. The van der Waals surface area contributed by atoms with Crippen LogP contribution in [0.2, 0.25) is 0 Å². The van der Waals surface area contributed by atoms with E-state index in [1.165, 1.54) is 19.4 Å². The van der Waals surface area contributed by atoms with Crippen molar-refractivity contribution >= 4 is 5.96 Å². The first-order valence-electron chi connectivity index (χ1n) is 9.66. The normalized spacial score (nSPS) is 24.4. The molecule has 2 aliphatic heterocycles. The van der Waals surface area contributed by atoms with Gasteiger partial charge < -0.3 is 14.8 Å². The van der Waals surface area contributed by atoms with Crippen molar-refractivity contribution in [2.45, 2.75) is 52.1 Å². The average Bonchev–Trinajstić information content (AvgIpc) is 3.22. The van der Waals surface area contributed by atoms with Crippen molar-refractivity contribution in [3.05, 3.63) is 11.6 Å². The van der Waals surface area contributed by atoms with Crippen molar-refractivity contribution in [1.82, 2.24) is 29.9 Å². The number of aliphatic imine (C=N–C) groups is 1. The monoisotopic (exact) mass is 347 g/mol. The van der Waals surface area contributed by atoms with Gasteiger partial charge >= 0.3 is 0 Å². The standard InChI is InChI=1S/C18H33N7/c1-5-24-10-6-7-16(24)13-23(4)18(19-3)20-11-15-8-9-17-22-21-14(2)25(17)12-15/h15-16H,5-13H2,1-4H3,(H,19,20). The highest BCUT2D eigenvalue weighted by Gasteiger charge is 2.26. The summed E-state index contributed by atoms with van der Waals surface area (Å²) in [6.45, 7) is 9.70. The van der Waals surface area contributed by atoms with Gasteiger partial charge in [-0.3, -0.25) is 9.89 Å². The van der Waals surface area contributed by atoms with Gasteiger partial charge in [0.15, 0.2) is 5.96 Å². The van der Waals surface area contributed by atoms with E-state index in [4.69, 9.17) is 0 Å². The maximum absolute atomic E-state index is 4.50. The van der Waals surface area contributed by atoms with Crippen LogP contribution < -0.4 is 5.32 Å². The Morgan fingerprint density at radius 2 is 2.20 bits per heavy atom. The van der Waals surface area contributed by atoms with Crippen LogP contribution in [0.25, 0.3) is 0 Å². The largest absolute Gasteiger partial charge is 0.356 e. The van der Waals surface area contributed by atoms with Crippen LogP contribution >= 0.6 is 0 Å². The Bertz CT molecular complexity index is 594. The number of aryl methyl sites for hydroxylation is 2. The van der Waals surface area contributed by atoms with Crippen LogP contribution in [-0.4, -0.2) is 76.8 Å². The Hall–Kier alpha value is -1.63. The molecular formula is C18H33N7. The minimum Gasteiger partial charge on any atom is -0.356 e. The number of fused-ring (bicyclic) bond motifs is 1. The molecule has 2 unspecified atom stereocenters. The Morgan fingerprint density at radius 3 is 2.96 bits per heavy atom. The number of nitrogens with one attached hydrogen (secondary N) is 1. The summed E-state index contributed by atoms with van der Waals surface area (Å²) >= 11 is 0. The topological polar surface area (TPSA) is 61.6 Å². The van der Waals surface area contributed by atoms with Crippen molar-refractivity contribution in [1.29, 1.82) is 0 Å². The van der Waals surface area contributed by atoms with E-state index in [0.717, 1.165) is 56.6 Å². The summed E-state index contributed by atoms with van der Waals surface area (Å²) in [5.74, 6) is 3.78. The molecule has 7 heteroatoms. The molecule has 0 saturated carbocycles. The van der Waals surface area contributed by atoms with Crippen LogP contribution in [0.15, 0.2) is 4.99 Å². The predicted molar refractivity (Wildman–Crippen MR) is 101 cm³/mol. The molecule has 1 aromatic rings. The van der Waals surface area contributed by atoms with E-state index in [1.807, 2.05) is 14.0 Å². The van der Waals surface area contributed by atoms with Crippen LogP contribution in [0.3, 0.4) is 0 Å². The third-order valence-electron chi connectivity index (χ3n) is 5.74. The van der Waals surface area contributed by atoms with E-state index in [-0.39, 0.29) is 0 Å². The molecule has 0 aromatic carbocycles. The van der Waals surface area contributed by atoms with Crippen LogP contribution in [-0.2, 0) is 13.0 Å². The fraction of sp³-hybridized carbons (Fsp3) is 0.833. The Kier molecular flexibility index (Phi) is 5.93. The minimum absolute atomic E-state index is 0.603. The van der Waals surface area contributed by atoms with Crippen LogP contribution in [0.4, 0.5) is 0 Å². The van der Waals surface area contributed by atoms with Gasteiger partial charge in [-0.25, -0.2) is 0 Å². The molecule has 140 valence electrons. The molecule has 1 saturated heterocycles. The predicted octanol–water partition coefficient (Wildman–Crippen LogP) is 1.14. The first-order valence-corrected chi connectivity index (χ1v) is 9.66. The molecule has 0 radical (unpaired) electrons. The molecule has 1 N–H and O–H groups in total. The fourth-order valence-corrected chi connectivity index (χ4v) is 4.24. The summed E-state index contributed by atoms with van der Waals surface area (Å²) in [4.78, 5) is 9.37. The Labute approximate surface area is 151 Å². The quantitative estimate of drug-likeness (QED) is 0.639. The van der Waals surface area contributed by atoms with Gasteiger partial charge in [-0.1, -0.05) is 6.92 Å². The number of hydrogen-bond acceptors (Lipinski definition) is 4. The summed E-state index contributed by atoms with van der Waals surface area (Å²) in [5.41, 5.74) is 0. The third-order valence-corrected chi connectivity index (χ3v) is 5.74. The van der Waals surface area contributed by atoms with Crippen LogP contribution in [0, 0.1) is 12.8 Å². The number of likely N-dealkylation sites (tertiary alicyclic amines) is 1. The number of guanidine groups is 1. The minimum atomic E-state index is 0.603. The van der Waals surface area contributed by atoms with Crippen molar-refractivity contribution in [3.63, 3.8) is 0 Å². The lowest BCUT2D eigenvalue weighted by atomic mass is 9.99. The molecule has 0 amide bonds. The molecule has 1 fully saturated rings.